The Hall–Kier alpha value is -2.19. The van der Waals surface area contributed by atoms with Crippen LogP contribution in [-0.2, 0) is 5.92 Å². The first kappa shape index (κ1) is 12.3. The summed E-state index contributed by atoms with van der Waals surface area (Å²) in [6, 6.07) is 2.00. The SMILES string of the molecule is O=C(O)c1ccc2oc(C(F)(F)C(F)F)nc2n1. The number of hydrogen-bond donors (Lipinski definition) is 1. The van der Waals surface area contributed by atoms with E-state index in [9.17, 15) is 22.4 Å². The molecule has 0 unspecified atom stereocenters. The second-order valence-corrected chi connectivity index (χ2v) is 3.27. The number of carboxylic acid groups (broad SMARTS) is 1. The van der Waals surface area contributed by atoms with Crippen molar-refractivity contribution in [3.05, 3.63) is 23.7 Å². The quantitative estimate of drug-likeness (QED) is 0.860. The lowest BCUT2D eigenvalue weighted by atomic mass is 10.3. The minimum Gasteiger partial charge on any atom is -0.477 e. The van der Waals surface area contributed by atoms with Gasteiger partial charge in [0.2, 0.25) is 0 Å². The van der Waals surface area contributed by atoms with Crippen molar-refractivity contribution in [2.75, 3.05) is 0 Å². The molecule has 0 spiro atoms. The van der Waals surface area contributed by atoms with Gasteiger partial charge in [-0.2, -0.15) is 13.8 Å². The van der Waals surface area contributed by atoms with E-state index in [2.05, 4.69) is 14.4 Å². The van der Waals surface area contributed by atoms with Crippen LogP contribution in [0.1, 0.15) is 16.4 Å². The first-order chi connectivity index (χ1) is 8.32. The number of fused-ring (bicyclic) bond motifs is 1. The van der Waals surface area contributed by atoms with Gasteiger partial charge in [-0.1, -0.05) is 0 Å². The number of pyridine rings is 1. The minimum atomic E-state index is -4.55. The number of oxazole rings is 1. The van der Waals surface area contributed by atoms with Gasteiger partial charge in [0.25, 0.3) is 5.89 Å². The summed E-state index contributed by atoms with van der Waals surface area (Å²) < 4.78 is 54.4. The van der Waals surface area contributed by atoms with Gasteiger partial charge in [0.15, 0.2) is 16.9 Å². The number of rotatable bonds is 3. The van der Waals surface area contributed by atoms with Crippen molar-refractivity contribution in [1.82, 2.24) is 9.97 Å². The molecule has 96 valence electrons. The van der Waals surface area contributed by atoms with Crippen LogP contribution in [0, 0.1) is 0 Å². The van der Waals surface area contributed by atoms with Gasteiger partial charge in [0.1, 0.15) is 0 Å². The lowest BCUT2D eigenvalue weighted by Gasteiger charge is -2.09. The van der Waals surface area contributed by atoms with Crippen LogP contribution < -0.4 is 0 Å². The molecule has 0 amide bonds. The molecule has 0 saturated heterocycles. The number of carboxylic acids is 1. The number of carbonyl (C=O) groups is 1. The molecule has 2 heterocycles. The molecular weight excluding hydrogens is 260 g/mol. The van der Waals surface area contributed by atoms with Gasteiger partial charge in [-0.15, -0.1) is 0 Å². The van der Waals surface area contributed by atoms with E-state index < -0.39 is 35.5 Å². The number of hydrogen-bond acceptors (Lipinski definition) is 4. The predicted octanol–water partition coefficient (Wildman–Crippen LogP) is 2.28. The molecule has 0 fully saturated rings. The van der Waals surface area contributed by atoms with Crippen LogP contribution in [0.2, 0.25) is 0 Å². The lowest BCUT2D eigenvalue weighted by molar-refractivity contribution is -0.150. The molecule has 0 aliphatic heterocycles. The topological polar surface area (TPSA) is 76.2 Å². The van der Waals surface area contributed by atoms with Crippen molar-refractivity contribution < 1.29 is 31.9 Å². The summed E-state index contributed by atoms with van der Waals surface area (Å²) in [4.78, 5) is 17.0. The highest BCUT2D eigenvalue weighted by atomic mass is 19.3. The Morgan fingerprint density at radius 3 is 2.56 bits per heavy atom. The molecule has 0 aliphatic carbocycles. The van der Waals surface area contributed by atoms with Crippen LogP contribution >= 0.6 is 0 Å². The molecule has 2 aromatic heterocycles. The number of aromatic carboxylic acids is 1. The Morgan fingerprint density at radius 1 is 1.33 bits per heavy atom. The van der Waals surface area contributed by atoms with E-state index in [0.29, 0.717) is 0 Å². The van der Waals surface area contributed by atoms with Gasteiger partial charge in [-0.05, 0) is 12.1 Å². The summed E-state index contributed by atoms with van der Waals surface area (Å²) in [7, 11) is 0. The molecule has 0 bridgehead atoms. The molecule has 9 heteroatoms. The van der Waals surface area contributed by atoms with E-state index in [4.69, 9.17) is 5.11 Å². The van der Waals surface area contributed by atoms with E-state index in [1.165, 1.54) is 0 Å². The van der Waals surface area contributed by atoms with Crippen molar-refractivity contribution >= 4 is 17.2 Å². The number of aromatic nitrogens is 2. The fourth-order valence-corrected chi connectivity index (χ4v) is 1.17. The average Bonchev–Trinajstić information content (AvgIpc) is 2.71. The van der Waals surface area contributed by atoms with Crippen molar-refractivity contribution in [2.45, 2.75) is 12.3 Å². The number of nitrogens with zero attached hydrogens (tertiary/aromatic N) is 2. The molecule has 2 rings (SSSR count). The maximum absolute atomic E-state index is 12.9. The fourth-order valence-electron chi connectivity index (χ4n) is 1.17. The highest BCUT2D eigenvalue weighted by molar-refractivity contribution is 5.87. The molecule has 0 radical (unpaired) electrons. The molecule has 1 N–H and O–H groups in total. The van der Waals surface area contributed by atoms with E-state index in [0.717, 1.165) is 12.1 Å². The van der Waals surface area contributed by atoms with Gasteiger partial charge in [0.05, 0.1) is 0 Å². The van der Waals surface area contributed by atoms with E-state index >= 15 is 0 Å². The maximum atomic E-state index is 12.9. The standard InChI is InChI=1S/C9H4F4N2O3/c10-7(11)9(12,13)8-15-5-4(18-8)2-1-3(14-5)6(16)17/h1-2,7H,(H,16,17). The molecular formula is C9H4F4N2O3. The van der Waals surface area contributed by atoms with Gasteiger partial charge < -0.3 is 9.52 Å². The summed E-state index contributed by atoms with van der Waals surface area (Å²) >= 11 is 0. The van der Waals surface area contributed by atoms with Gasteiger partial charge in [0, 0.05) is 0 Å². The molecule has 5 nitrogen and oxygen atoms in total. The Morgan fingerprint density at radius 2 is 2.00 bits per heavy atom. The highest BCUT2D eigenvalue weighted by Gasteiger charge is 2.48. The van der Waals surface area contributed by atoms with E-state index in [1.54, 1.807) is 0 Å². The second-order valence-electron chi connectivity index (χ2n) is 3.27. The molecule has 0 saturated carbocycles. The van der Waals surface area contributed by atoms with Crippen molar-refractivity contribution in [3.8, 4) is 0 Å². The summed E-state index contributed by atoms with van der Waals surface area (Å²) in [6.07, 6.45) is -3.98. The Balaban J connectivity index is 2.54. The minimum absolute atomic E-state index is 0.296. The lowest BCUT2D eigenvalue weighted by Crippen LogP contribution is -2.23. The number of alkyl halides is 4. The Bertz CT molecular complexity index is 611. The van der Waals surface area contributed by atoms with Gasteiger partial charge in [-0.3, -0.25) is 0 Å². The smallest absolute Gasteiger partial charge is 0.381 e. The summed E-state index contributed by atoms with van der Waals surface area (Å²) in [6.45, 7) is 0. The maximum Gasteiger partial charge on any atom is 0.381 e. The van der Waals surface area contributed by atoms with Crippen LogP contribution in [0.3, 0.4) is 0 Å². The van der Waals surface area contributed by atoms with E-state index in [1.807, 2.05) is 0 Å². The predicted molar refractivity (Wildman–Crippen MR) is 48.7 cm³/mol. The van der Waals surface area contributed by atoms with Crippen LogP contribution in [0.5, 0.6) is 0 Å². The zero-order valence-corrected chi connectivity index (χ0v) is 8.40. The molecule has 18 heavy (non-hydrogen) atoms. The fraction of sp³-hybridized carbons (Fsp3) is 0.222. The third-order valence-electron chi connectivity index (χ3n) is 2.03. The average molecular weight is 264 g/mol. The van der Waals surface area contributed by atoms with Crippen molar-refractivity contribution in [2.24, 2.45) is 0 Å². The van der Waals surface area contributed by atoms with Gasteiger partial charge in [-0.25, -0.2) is 18.6 Å². The third kappa shape index (κ3) is 1.87. The third-order valence-corrected chi connectivity index (χ3v) is 2.03. The molecule has 0 atom stereocenters. The number of halogens is 4. The Kier molecular flexibility index (Phi) is 2.68. The molecule has 0 aliphatic rings. The van der Waals surface area contributed by atoms with Crippen LogP contribution in [0.4, 0.5) is 17.6 Å². The van der Waals surface area contributed by atoms with Crippen molar-refractivity contribution in [1.29, 1.82) is 0 Å². The summed E-state index contributed by atoms with van der Waals surface area (Å²) in [5.41, 5.74) is -1.22. The Labute approximate surface area is 96.1 Å². The monoisotopic (exact) mass is 264 g/mol. The largest absolute Gasteiger partial charge is 0.477 e. The van der Waals surface area contributed by atoms with Crippen molar-refractivity contribution in [3.63, 3.8) is 0 Å². The van der Waals surface area contributed by atoms with E-state index in [-0.39, 0.29) is 5.58 Å². The first-order valence-electron chi connectivity index (χ1n) is 4.49. The van der Waals surface area contributed by atoms with Gasteiger partial charge >= 0.3 is 18.3 Å². The normalized spacial score (nSPS) is 12.3. The molecule has 0 aromatic carbocycles. The molecule has 2 aromatic rings. The first-order valence-corrected chi connectivity index (χ1v) is 4.49. The van der Waals surface area contributed by atoms with Crippen LogP contribution in [0.15, 0.2) is 16.5 Å². The zero-order valence-electron chi connectivity index (χ0n) is 8.40. The summed E-state index contributed by atoms with van der Waals surface area (Å²) in [5, 5.41) is 8.61. The zero-order chi connectivity index (χ0) is 13.5. The highest BCUT2D eigenvalue weighted by Crippen LogP contribution is 2.35. The summed E-state index contributed by atoms with van der Waals surface area (Å²) in [5.74, 6) is -7.45. The van der Waals surface area contributed by atoms with Crippen LogP contribution in [0.25, 0.3) is 11.2 Å². The second kappa shape index (κ2) is 3.93. The van der Waals surface area contributed by atoms with Crippen LogP contribution in [-0.4, -0.2) is 27.5 Å².